The normalized spacial score (nSPS) is 14.9. The van der Waals surface area contributed by atoms with Gasteiger partial charge in [0, 0.05) is 19.6 Å². The van der Waals surface area contributed by atoms with Gasteiger partial charge in [0.05, 0.1) is 5.92 Å². The molecule has 1 aliphatic heterocycles. The minimum atomic E-state index is -0.971. The predicted molar refractivity (Wildman–Crippen MR) is 61.3 cm³/mol. The number of likely N-dealkylation sites (tertiary alicyclic amines) is 1. The number of hydrogen-bond donors (Lipinski definition) is 2. The summed E-state index contributed by atoms with van der Waals surface area (Å²) < 4.78 is 25.6. The number of nitrogens with zero attached hydrogens (tertiary/aromatic N) is 1. The largest absolute Gasteiger partial charge is 0.481 e. The van der Waals surface area contributed by atoms with Crippen LogP contribution < -0.4 is 5.32 Å². The average Bonchev–Trinajstić information content (AvgIpc) is 2.28. The van der Waals surface area contributed by atoms with E-state index < -0.39 is 29.6 Å². The summed E-state index contributed by atoms with van der Waals surface area (Å²) in [5.74, 6) is -3.36. The number of halogens is 2. The number of benzene rings is 1. The van der Waals surface area contributed by atoms with Crippen molar-refractivity contribution in [2.75, 3.05) is 13.1 Å². The van der Waals surface area contributed by atoms with Crippen LogP contribution >= 0.6 is 0 Å². The van der Waals surface area contributed by atoms with E-state index in [0.29, 0.717) is 5.56 Å². The second-order valence-electron chi connectivity index (χ2n) is 4.35. The second-order valence-corrected chi connectivity index (χ2v) is 4.35. The summed E-state index contributed by atoms with van der Waals surface area (Å²) in [6.45, 7) is 0.391. The van der Waals surface area contributed by atoms with Gasteiger partial charge in [-0.3, -0.25) is 4.79 Å². The van der Waals surface area contributed by atoms with Crippen molar-refractivity contribution < 1.29 is 23.5 Å². The second kappa shape index (κ2) is 5.21. The van der Waals surface area contributed by atoms with E-state index in [9.17, 15) is 18.4 Å². The number of rotatable bonds is 3. The molecule has 0 radical (unpaired) electrons. The summed E-state index contributed by atoms with van der Waals surface area (Å²) in [6, 6.07) is 2.95. The number of carbonyl (C=O) groups excluding carboxylic acids is 1. The molecule has 2 N–H and O–H groups in total. The molecule has 0 aliphatic carbocycles. The summed E-state index contributed by atoms with van der Waals surface area (Å²) in [5.41, 5.74) is 0.433. The zero-order chi connectivity index (χ0) is 14.0. The minimum Gasteiger partial charge on any atom is -0.481 e. The predicted octanol–water partition coefficient (Wildman–Crippen LogP) is 1.19. The molecule has 0 saturated carbocycles. The molecule has 2 rings (SSSR count). The lowest BCUT2D eigenvalue weighted by Gasteiger charge is -2.36. The first-order valence-electron chi connectivity index (χ1n) is 5.67. The van der Waals surface area contributed by atoms with Crippen molar-refractivity contribution in [3.63, 3.8) is 0 Å². The molecule has 7 heteroatoms. The molecule has 1 saturated heterocycles. The molecule has 0 aromatic heterocycles. The maximum absolute atomic E-state index is 12.9. The molecule has 1 aromatic rings. The number of urea groups is 1. The van der Waals surface area contributed by atoms with E-state index in [2.05, 4.69) is 5.32 Å². The van der Waals surface area contributed by atoms with Crippen LogP contribution in [0.5, 0.6) is 0 Å². The molecular formula is C12H12F2N2O3. The number of amides is 2. The van der Waals surface area contributed by atoms with E-state index in [4.69, 9.17) is 5.11 Å². The van der Waals surface area contributed by atoms with Crippen molar-refractivity contribution in [2.24, 2.45) is 5.92 Å². The molecule has 1 aliphatic rings. The zero-order valence-corrected chi connectivity index (χ0v) is 9.90. The third-order valence-corrected chi connectivity index (χ3v) is 2.95. The van der Waals surface area contributed by atoms with Gasteiger partial charge in [-0.05, 0) is 17.7 Å². The van der Waals surface area contributed by atoms with E-state index in [1.165, 1.54) is 11.0 Å². The first kappa shape index (κ1) is 13.3. The maximum Gasteiger partial charge on any atom is 0.317 e. The summed E-state index contributed by atoms with van der Waals surface area (Å²) >= 11 is 0. The minimum absolute atomic E-state index is 0.0598. The van der Waals surface area contributed by atoms with Gasteiger partial charge in [-0.2, -0.15) is 0 Å². The van der Waals surface area contributed by atoms with Crippen molar-refractivity contribution in [1.29, 1.82) is 0 Å². The first-order chi connectivity index (χ1) is 8.97. The maximum atomic E-state index is 12.9. The fraction of sp³-hybridized carbons (Fsp3) is 0.333. The van der Waals surface area contributed by atoms with Gasteiger partial charge in [0.15, 0.2) is 11.6 Å². The Hall–Kier alpha value is -2.18. The highest BCUT2D eigenvalue weighted by Crippen LogP contribution is 2.15. The van der Waals surface area contributed by atoms with Gasteiger partial charge in [0.2, 0.25) is 0 Å². The molecule has 0 atom stereocenters. The Morgan fingerprint density at radius 2 is 2.00 bits per heavy atom. The lowest BCUT2D eigenvalue weighted by Crippen LogP contribution is -2.56. The van der Waals surface area contributed by atoms with Crippen LogP contribution in [0.4, 0.5) is 13.6 Å². The van der Waals surface area contributed by atoms with E-state index in [1.807, 2.05) is 0 Å². The first-order valence-corrected chi connectivity index (χ1v) is 5.67. The molecule has 19 heavy (non-hydrogen) atoms. The third-order valence-electron chi connectivity index (χ3n) is 2.95. The van der Waals surface area contributed by atoms with Crippen molar-refractivity contribution in [3.05, 3.63) is 35.4 Å². The number of nitrogens with one attached hydrogen (secondary N) is 1. The van der Waals surface area contributed by atoms with Crippen LogP contribution in [0.3, 0.4) is 0 Å². The molecule has 1 heterocycles. The standard InChI is InChI=1S/C12H12F2N2O3/c13-9-2-1-7(3-10(9)14)4-15-12(19)16-5-8(6-16)11(17)18/h1-3,8H,4-6H2,(H,15,19)(H,17,18). The molecule has 102 valence electrons. The summed E-state index contributed by atoms with van der Waals surface area (Å²) in [6.07, 6.45) is 0. The van der Waals surface area contributed by atoms with Gasteiger partial charge in [-0.25, -0.2) is 13.6 Å². The van der Waals surface area contributed by atoms with E-state index in [0.717, 1.165) is 12.1 Å². The van der Waals surface area contributed by atoms with Crippen molar-refractivity contribution in [3.8, 4) is 0 Å². The molecule has 2 amide bonds. The molecule has 1 fully saturated rings. The molecule has 0 spiro atoms. The van der Waals surface area contributed by atoms with Gasteiger partial charge in [0.25, 0.3) is 0 Å². The summed E-state index contributed by atoms with van der Waals surface area (Å²) in [7, 11) is 0. The highest BCUT2D eigenvalue weighted by Gasteiger charge is 2.35. The van der Waals surface area contributed by atoms with E-state index >= 15 is 0 Å². The highest BCUT2D eigenvalue weighted by molar-refractivity contribution is 5.79. The van der Waals surface area contributed by atoms with E-state index in [-0.39, 0.29) is 19.6 Å². The Balaban J connectivity index is 1.81. The van der Waals surface area contributed by atoms with Gasteiger partial charge in [-0.1, -0.05) is 6.07 Å². The third kappa shape index (κ3) is 2.98. The highest BCUT2D eigenvalue weighted by atomic mass is 19.2. The lowest BCUT2D eigenvalue weighted by molar-refractivity contribution is -0.146. The van der Waals surface area contributed by atoms with Crippen molar-refractivity contribution in [1.82, 2.24) is 10.2 Å². The molecule has 1 aromatic carbocycles. The van der Waals surface area contributed by atoms with Crippen LogP contribution in [0.1, 0.15) is 5.56 Å². The average molecular weight is 270 g/mol. The fourth-order valence-corrected chi connectivity index (χ4v) is 1.74. The van der Waals surface area contributed by atoms with Crippen LogP contribution in [-0.4, -0.2) is 35.1 Å². The van der Waals surface area contributed by atoms with Crippen LogP contribution in [0, 0.1) is 17.6 Å². The quantitative estimate of drug-likeness (QED) is 0.866. The van der Waals surface area contributed by atoms with Crippen LogP contribution in [-0.2, 0) is 11.3 Å². The van der Waals surface area contributed by atoms with Gasteiger partial charge >= 0.3 is 12.0 Å². The molecule has 0 bridgehead atoms. The lowest BCUT2D eigenvalue weighted by atomic mass is 10.0. The van der Waals surface area contributed by atoms with Crippen LogP contribution in [0.2, 0.25) is 0 Å². The van der Waals surface area contributed by atoms with Crippen molar-refractivity contribution in [2.45, 2.75) is 6.54 Å². The Bertz CT molecular complexity index is 516. The summed E-state index contributed by atoms with van der Waals surface area (Å²) in [5, 5.41) is 11.2. The Labute approximate surface area is 107 Å². The number of carbonyl (C=O) groups is 2. The Kier molecular flexibility index (Phi) is 3.64. The van der Waals surface area contributed by atoms with Crippen LogP contribution in [0.25, 0.3) is 0 Å². The number of carboxylic acids is 1. The van der Waals surface area contributed by atoms with E-state index in [1.54, 1.807) is 0 Å². The Morgan fingerprint density at radius 3 is 2.58 bits per heavy atom. The van der Waals surface area contributed by atoms with Gasteiger partial charge in [-0.15, -0.1) is 0 Å². The molecule has 5 nitrogen and oxygen atoms in total. The topological polar surface area (TPSA) is 69.6 Å². The SMILES string of the molecule is O=C(O)C1CN(C(=O)NCc2ccc(F)c(F)c2)C1. The Morgan fingerprint density at radius 1 is 1.32 bits per heavy atom. The molecule has 0 unspecified atom stereocenters. The van der Waals surface area contributed by atoms with Crippen LogP contribution in [0.15, 0.2) is 18.2 Å². The summed E-state index contributed by atoms with van der Waals surface area (Å²) in [4.78, 5) is 23.5. The van der Waals surface area contributed by atoms with Gasteiger partial charge < -0.3 is 15.3 Å². The fourth-order valence-electron chi connectivity index (χ4n) is 1.74. The number of carboxylic acid groups (broad SMARTS) is 1. The smallest absolute Gasteiger partial charge is 0.317 e. The van der Waals surface area contributed by atoms with Gasteiger partial charge in [0.1, 0.15) is 0 Å². The molecular weight excluding hydrogens is 258 g/mol. The number of aliphatic carboxylic acids is 1. The number of hydrogen-bond acceptors (Lipinski definition) is 2. The monoisotopic (exact) mass is 270 g/mol. The van der Waals surface area contributed by atoms with Crippen molar-refractivity contribution >= 4 is 12.0 Å². The zero-order valence-electron chi connectivity index (χ0n) is 9.90.